The summed E-state index contributed by atoms with van der Waals surface area (Å²) in [5.74, 6) is 0. The Morgan fingerprint density at radius 1 is 0.923 bits per heavy atom. The van der Waals surface area contributed by atoms with Gasteiger partial charge in [-0.15, -0.1) is 0 Å². The molecule has 13 heavy (non-hydrogen) atoms. The van der Waals surface area contributed by atoms with Crippen LogP contribution in [0.3, 0.4) is 0 Å². The van der Waals surface area contributed by atoms with Crippen LogP contribution in [0.1, 0.15) is 0 Å². The van der Waals surface area contributed by atoms with Crippen LogP contribution in [0.25, 0.3) is 11.3 Å². The van der Waals surface area contributed by atoms with Crippen LogP contribution < -0.4 is 11.5 Å². The van der Waals surface area contributed by atoms with Gasteiger partial charge in [0.05, 0.1) is 11.4 Å². The van der Waals surface area contributed by atoms with E-state index >= 15 is 0 Å². The van der Waals surface area contributed by atoms with E-state index in [-0.39, 0.29) is 0 Å². The number of H-pyrrole nitrogens is 1. The van der Waals surface area contributed by atoms with E-state index in [9.17, 15) is 0 Å². The lowest BCUT2D eigenvalue weighted by atomic mass is 10.1. The van der Waals surface area contributed by atoms with Gasteiger partial charge in [0.25, 0.3) is 0 Å². The Morgan fingerprint density at radius 2 is 1.62 bits per heavy atom. The van der Waals surface area contributed by atoms with Crippen LogP contribution in [-0.2, 0) is 0 Å². The first-order valence-corrected chi connectivity index (χ1v) is 4.06. The SMILES string of the molecule is Nc1ccc(-c2[nH]ccc2N)cc1. The smallest absolute Gasteiger partial charge is 0.0687 e. The summed E-state index contributed by atoms with van der Waals surface area (Å²) >= 11 is 0. The standard InChI is InChI=1S/C10H11N3/c11-8-3-1-7(2-4-8)10-9(12)5-6-13-10/h1-6,13H,11-12H2. The minimum atomic E-state index is 0.754. The molecule has 0 aliphatic rings. The van der Waals surface area contributed by atoms with Crippen molar-refractivity contribution in [3.8, 4) is 11.3 Å². The van der Waals surface area contributed by atoms with Crippen LogP contribution in [-0.4, -0.2) is 4.98 Å². The Bertz CT molecular complexity index is 400. The zero-order valence-corrected chi connectivity index (χ0v) is 7.12. The third kappa shape index (κ3) is 1.36. The highest BCUT2D eigenvalue weighted by Gasteiger charge is 2.01. The molecule has 0 unspecified atom stereocenters. The molecule has 0 aliphatic heterocycles. The molecule has 2 aromatic rings. The van der Waals surface area contributed by atoms with E-state index in [0.29, 0.717) is 0 Å². The van der Waals surface area contributed by atoms with Gasteiger partial charge in [-0.3, -0.25) is 0 Å². The van der Waals surface area contributed by atoms with Crippen molar-refractivity contribution in [2.24, 2.45) is 0 Å². The highest BCUT2D eigenvalue weighted by Crippen LogP contribution is 2.24. The third-order valence-corrected chi connectivity index (χ3v) is 1.98. The molecule has 0 saturated heterocycles. The van der Waals surface area contributed by atoms with Gasteiger partial charge in [-0.05, 0) is 18.2 Å². The molecule has 0 atom stereocenters. The summed E-state index contributed by atoms with van der Waals surface area (Å²) in [6.45, 7) is 0. The molecule has 1 aromatic heterocycles. The maximum absolute atomic E-state index is 5.75. The van der Waals surface area contributed by atoms with Crippen molar-refractivity contribution in [3.05, 3.63) is 36.5 Å². The molecule has 0 spiro atoms. The van der Waals surface area contributed by atoms with Crippen molar-refractivity contribution in [1.29, 1.82) is 0 Å². The van der Waals surface area contributed by atoms with Crippen LogP contribution in [0, 0.1) is 0 Å². The van der Waals surface area contributed by atoms with Gasteiger partial charge in [0.15, 0.2) is 0 Å². The zero-order valence-electron chi connectivity index (χ0n) is 7.12. The summed E-state index contributed by atoms with van der Waals surface area (Å²) < 4.78 is 0. The minimum absolute atomic E-state index is 0.754. The summed E-state index contributed by atoms with van der Waals surface area (Å²) in [4.78, 5) is 3.08. The summed E-state index contributed by atoms with van der Waals surface area (Å²) in [6, 6.07) is 9.44. The van der Waals surface area contributed by atoms with Crippen molar-refractivity contribution >= 4 is 11.4 Å². The topological polar surface area (TPSA) is 67.8 Å². The Balaban J connectivity index is 2.47. The second-order valence-corrected chi connectivity index (χ2v) is 2.93. The van der Waals surface area contributed by atoms with E-state index in [4.69, 9.17) is 11.5 Å². The van der Waals surface area contributed by atoms with Crippen molar-refractivity contribution in [2.75, 3.05) is 11.5 Å². The van der Waals surface area contributed by atoms with E-state index in [0.717, 1.165) is 22.6 Å². The number of hydrogen-bond donors (Lipinski definition) is 3. The Morgan fingerprint density at radius 3 is 2.15 bits per heavy atom. The lowest BCUT2D eigenvalue weighted by Gasteiger charge is -2.00. The molecule has 1 heterocycles. The molecule has 2 rings (SSSR count). The highest BCUT2D eigenvalue weighted by atomic mass is 14.7. The van der Waals surface area contributed by atoms with Crippen LogP contribution in [0.5, 0.6) is 0 Å². The van der Waals surface area contributed by atoms with E-state index in [1.807, 2.05) is 36.5 Å². The summed E-state index contributed by atoms with van der Waals surface area (Å²) in [5.41, 5.74) is 14.8. The molecular formula is C10H11N3. The first-order chi connectivity index (χ1) is 6.27. The minimum Gasteiger partial charge on any atom is -0.399 e. The number of anilines is 2. The van der Waals surface area contributed by atoms with Crippen molar-refractivity contribution in [2.45, 2.75) is 0 Å². The van der Waals surface area contributed by atoms with E-state index in [2.05, 4.69) is 4.98 Å². The van der Waals surface area contributed by atoms with Crippen LogP contribution in [0.4, 0.5) is 11.4 Å². The number of hydrogen-bond acceptors (Lipinski definition) is 2. The molecule has 0 radical (unpaired) electrons. The fourth-order valence-electron chi connectivity index (χ4n) is 1.28. The summed E-state index contributed by atoms with van der Waals surface area (Å²) in [6.07, 6.45) is 1.82. The maximum Gasteiger partial charge on any atom is 0.0687 e. The second kappa shape index (κ2) is 2.86. The van der Waals surface area contributed by atoms with Gasteiger partial charge in [-0.1, -0.05) is 12.1 Å². The van der Waals surface area contributed by atoms with Gasteiger partial charge < -0.3 is 16.5 Å². The predicted molar refractivity (Wildman–Crippen MR) is 55.1 cm³/mol. The Hall–Kier alpha value is -1.90. The highest BCUT2D eigenvalue weighted by molar-refractivity contribution is 5.73. The second-order valence-electron chi connectivity index (χ2n) is 2.93. The molecule has 0 aliphatic carbocycles. The first-order valence-electron chi connectivity index (χ1n) is 4.06. The van der Waals surface area contributed by atoms with Crippen molar-refractivity contribution in [1.82, 2.24) is 4.98 Å². The maximum atomic E-state index is 5.75. The molecular weight excluding hydrogens is 162 g/mol. The molecule has 66 valence electrons. The van der Waals surface area contributed by atoms with Gasteiger partial charge >= 0.3 is 0 Å². The van der Waals surface area contributed by atoms with Gasteiger partial charge in [0, 0.05) is 17.4 Å². The quantitative estimate of drug-likeness (QED) is 0.576. The molecule has 5 N–H and O–H groups in total. The van der Waals surface area contributed by atoms with Crippen molar-refractivity contribution < 1.29 is 0 Å². The molecule has 0 saturated carbocycles. The monoisotopic (exact) mass is 173 g/mol. The number of aromatic nitrogens is 1. The van der Waals surface area contributed by atoms with Gasteiger partial charge in [-0.25, -0.2) is 0 Å². The average Bonchev–Trinajstić information content (AvgIpc) is 2.53. The fraction of sp³-hybridized carbons (Fsp3) is 0. The van der Waals surface area contributed by atoms with Crippen LogP contribution >= 0.6 is 0 Å². The summed E-state index contributed by atoms with van der Waals surface area (Å²) in [5, 5.41) is 0. The molecule has 0 bridgehead atoms. The number of aromatic amines is 1. The molecule has 0 amide bonds. The number of nitrogens with one attached hydrogen (secondary N) is 1. The Kier molecular flexibility index (Phi) is 1.70. The fourth-order valence-corrected chi connectivity index (χ4v) is 1.28. The normalized spacial score (nSPS) is 10.2. The van der Waals surface area contributed by atoms with Crippen LogP contribution in [0.2, 0.25) is 0 Å². The predicted octanol–water partition coefficient (Wildman–Crippen LogP) is 1.85. The number of nitrogen functional groups attached to an aromatic ring is 2. The third-order valence-electron chi connectivity index (χ3n) is 1.98. The first kappa shape index (κ1) is 7.73. The number of rotatable bonds is 1. The molecule has 3 nitrogen and oxygen atoms in total. The van der Waals surface area contributed by atoms with Crippen molar-refractivity contribution in [3.63, 3.8) is 0 Å². The lowest BCUT2D eigenvalue weighted by Crippen LogP contribution is -1.87. The Labute approximate surface area is 76.4 Å². The van der Waals surface area contributed by atoms with Crippen LogP contribution in [0.15, 0.2) is 36.5 Å². The largest absolute Gasteiger partial charge is 0.399 e. The number of nitrogens with two attached hydrogens (primary N) is 2. The van der Waals surface area contributed by atoms with Gasteiger partial charge in [-0.2, -0.15) is 0 Å². The molecule has 0 fully saturated rings. The zero-order chi connectivity index (χ0) is 9.26. The average molecular weight is 173 g/mol. The number of benzene rings is 1. The molecule has 3 heteroatoms. The lowest BCUT2D eigenvalue weighted by molar-refractivity contribution is 1.40. The van der Waals surface area contributed by atoms with Gasteiger partial charge in [0.2, 0.25) is 0 Å². The van der Waals surface area contributed by atoms with E-state index in [1.165, 1.54) is 0 Å². The van der Waals surface area contributed by atoms with E-state index < -0.39 is 0 Å². The van der Waals surface area contributed by atoms with E-state index in [1.54, 1.807) is 0 Å². The summed E-state index contributed by atoms with van der Waals surface area (Å²) in [7, 11) is 0. The molecule has 1 aromatic carbocycles. The van der Waals surface area contributed by atoms with Gasteiger partial charge in [0.1, 0.15) is 0 Å².